The fourth-order valence-corrected chi connectivity index (χ4v) is 4.51. The monoisotopic (exact) mass is 464 g/mol. The number of hydrogen-bond donors (Lipinski definition) is 2. The van der Waals surface area contributed by atoms with E-state index in [0.29, 0.717) is 0 Å². The molecule has 0 aromatic heterocycles. The SMILES string of the molecule is CC(CO)[C@](C)(NC(=O)OCC1c2ccccc2-c2ccccc21)c1cc([N+](=O)[O-])ccc1F. The number of benzene rings is 3. The second-order valence-electron chi connectivity index (χ2n) is 8.66. The number of nitrogens with zero attached hydrogens (tertiary/aromatic N) is 1. The third-order valence-corrected chi connectivity index (χ3v) is 6.69. The normalized spacial score (nSPS) is 15.1. The maximum atomic E-state index is 14.7. The molecule has 0 aliphatic heterocycles. The molecule has 0 fully saturated rings. The summed E-state index contributed by atoms with van der Waals surface area (Å²) >= 11 is 0. The molecule has 1 aliphatic carbocycles. The van der Waals surface area contributed by atoms with E-state index in [9.17, 15) is 24.4 Å². The van der Waals surface area contributed by atoms with Gasteiger partial charge in [0, 0.05) is 36.1 Å². The summed E-state index contributed by atoms with van der Waals surface area (Å²) in [5, 5.41) is 23.7. The van der Waals surface area contributed by atoms with Crippen LogP contribution in [0.5, 0.6) is 0 Å². The molecule has 34 heavy (non-hydrogen) atoms. The summed E-state index contributed by atoms with van der Waals surface area (Å²) in [4.78, 5) is 23.5. The highest BCUT2D eigenvalue weighted by Gasteiger charge is 2.39. The van der Waals surface area contributed by atoms with E-state index < -0.39 is 28.3 Å². The topological polar surface area (TPSA) is 102 Å². The molecule has 0 heterocycles. The predicted octanol–water partition coefficient (Wildman–Crippen LogP) is 5.12. The minimum atomic E-state index is -1.45. The van der Waals surface area contributed by atoms with E-state index in [1.54, 1.807) is 6.92 Å². The number of ether oxygens (including phenoxy) is 1. The molecule has 4 rings (SSSR count). The standard InChI is InChI=1S/C26H25FN2O5/c1-16(14-30)26(2,23-13-17(29(32)33)11-12-24(23)27)28-25(31)34-15-22-20-9-5-3-7-18(20)19-8-4-6-10-21(19)22/h3-13,16,22,30H,14-15H2,1-2H3,(H,28,31)/t16?,26-/m0/s1. The predicted molar refractivity (Wildman–Crippen MR) is 125 cm³/mol. The molecule has 0 radical (unpaired) electrons. The maximum Gasteiger partial charge on any atom is 0.407 e. The molecule has 7 nitrogen and oxygen atoms in total. The van der Waals surface area contributed by atoms with Gasteiger partial charge in [-0.2, -0.15) is 0 Å². The van der Waals surface area contributed by atoms with Gasteiger partial charge in [0.2, 0.25) is 0 Å². The lowest BCUT2D eigenvalue weighted by Crippen LogP contribution is -2.50. The van der Waals surface area contributed by atoms with Crippen molar-refractivity contribution in [1.82, 2.24) is 5.32 Å². The van der Waals surface area contributed by atoms with E-state index in [0.717, 1.165) is 40.5 Å². The van der Waals surface area contributed by atoms with Gasteiger partial charge in [0.1, 0.15) is 12.4 Å². The second-order valence-corrected chi connectivity index (χ2v) is 8.66. The van der Waals surface area contributed by atoms with Crippen molar-refractivity contribution < 1.29 is 24.0 Å². The minimum Gasteiger partial charge on any atom is -0.449 e. The van der Waals surface area contributed by atoms with Crippen LogP contribution in [0.3, 0.4) is 0 Å². The zero-order valence-electron chi connectivity index (χ0n) is 18.8. The van der Waals surface area contributed by atoms with Crippen LogP contribution in [0, 0.1) is 21.8 Å². The number of alkyl carbamates (subject to hydrolysis) is 1. The van der Waals surface area contributed by atoms with Gasteiger partial charge in [-0.15, -0.1) is 0 Å². The highest BCUT2D eigenvalue weighted by atomic mass is 19.1. The van der Waals surface area contributed by atoms with Crippen molar-refractivity contribution in [3.05, 3.63) is 99.4 Å². The van der Waals surface area contributed by atoms with E-state index in [1.807, 2.05) is 48.5 Å². The Balaban J connectivity index is 1.58. The molecule has 3 aromatic rings. The zero-order valence-corrected chi connectivity index (χ0v) is 18.8. The van der Waals surface area contributed by atoms with E-state index in [2.05, 4.69) is 5.32 Å². The average Bonchev–Trinajstić information content (AvgIpc) is 3.16. The molecule has 1 aliphatic rings. The summed E-state index contributed by atoms with van der Waals surface area (Å²) in [5.41, 5.74) is 2.40. The summed E-state index contributed by atoms with van der Waals surface area (Å²) < 4.78 is 20.3. The summed E-state index contributed by atoms with van der Waals surface area (Å²) in [5.74, 6) is -1.55. The van der Waals surface area contributed by atoms with Crippen LogP contribution in [0.1, 0.15) is 36.5 Å². The molecule has 1 amide bonds. The molecule has 3 aromatic carbocycles. The Kier molecular flexibility index (Phi) is 6.34. The third kappa shape index (κ3) is 4.12. The fraction of sp³-hybridized carbons (Fsp3) is 0.269. The molecule has 1 unspecified atom stereocenters. The van der Waals surface area contributed by atoms with Gasteiger partial charge in [0.15, 0.2) is 0 Å². The van der Waals surface area contributed by atoms with Gasteiger partial charge in [-0.05, 0) is 35.2 Å². The number of aliphatic hydroxyl groups is 1. The van der Waals surface area contributed by atoms with Crippen LogP contribution in [-0.4, -0.2) is 29.3 Å². The molecule has 0 saturated heterocycles. The Morgan fingerprint density at radius 2 is 1.74 bits per heavy atom. The lowest BCUT2D eigenvalue weighted by molar-refractivity contribution is -0.385. The first-order valence-corrected chi connectivity index (χ1v) is 10.9. The largest absolute Gasteiger partial charge is 0.449 e. The van der Waals surface area contributed by atoms with Crippen LogP contribution >= 0.6 is 0 Å². The zero-order chi connectivity index (χ0) is 24.5. The Hall–Kier alpha value is -3.78. The van der Waals surface area contributed by atoms with Crippen LogP contribution in [0.25, 0.3) is 11.1 Å². The van der Waals surface area contributed by atoms with Crippen LogP contribution in [0.15, 0.2) is 66.7 Å². The number of amides is 1. The van der Waals surface area contributed by atoms with Crippen molar-refractivity contribution in [2.24, 2.45) is 5.92 Å². The summed E-state index contributed by atoms with van der Waals surface area (Å²) in [6.45, 7) is 2.79. The van der Waals surface area contributed by atoms with Gasteiger partial charge in [-0.3, -0.25) is 10.1 Å². The molecule has 176 valence electrons. The van der Waals surface area contributed by atoms with Gasteiger partial charge in [0.25, 0.3) is 5.69 Å². The lowest BCUT2D eigenvalue weighted by Gasteiger charge is -2.36. The second kappa shape index (κ2) is 9.23. The molecular weight excluding hydrogens is 439 g/mol. The molecular formula is C26H25FN2O5. The Morgan fingerprint density at radius 3 is 2.29 bits per heavy atom. The van der Waals surface area contributed by atoms with Crippen LogP contribution in [-0.2, 0) is 10.3 Å². The first-order chi connectivity index (χ1) is 16.3. The van der Waals surface area contributed by atoms with E-state index >= 15 is 0 Å². The van der Waals surface area contributed by atoms with Crippen LogP contribution in [0.2, 0.25) is 0 Å². The number of rotatable bonds is 7. The number of nitrogens with one attached hydrogen (secondary N) is 1. The average molecular weight is 464 g/mol. The van der Waals surface area contributed by atoms with E-state index in [-0.39, 0.29) is 30.4 Å². The number of fused-ring (bicyclic) bond motifs is 3. The lowest BCUT2D eigenvalue weighted by atomic mass is 9.80. The van der Waals surface area contributed by atoms with Gasteiger partial charge in [-0.1, -0.05) is 55.5 Å². The number of carbonyl (C=O) groups is 1. The molecule has 2 atom stereocenters. The number of non-ortho nitro benzene ring substituents is 1. The van der Waals surface area contributed by atoms with Gasteiger partial charge >= 0.3 is 6.09 Å². The third-order valence-electron chi connectivity index (χ3n) is 6.69. The quantitative estimate of drug-likeness (QED) is 0.373. The molecule has 2 N–H and O–H groups in total. The van der Waals surface area contributed by atoms with E-state index in [4.69, 9.17) is 4.74 Å². The van der Waals surface area contributed by atoms with Crippen LogP contribution in [0.4, 0.5) is 14.9 Å². The van der Waals surface area contributed by atoms with E-state index in [1.165, 1.54) is 6.92 Å². The number of hydrogen-bond acceptors (Lipinski definition) is 5. The number of nitro groups is 1. The first kappa shape index (κ1) is 23.4. The summed E-state index contributed by atoms with van der Waals surface area (Å²) in [6, 6.07) is 18.9. The molecule has 0 saturated carbocycles. The minimum absolute atomic E-state index is 0.0564. The van der Waals surface area contributed by atoms with Crippen molar-refractivity contribution in [3.8, 4) is 11.1 Å². The Morgan fingerprint density at radius 1 is 1.15 bits per heavy atom. The highest BCUT2D eigenvalue weighted by Crippen LogP contribution is 2.44. The summed E-state index contributed by atoms with van der Waals surface area (Å²) in [7, 11) is 0. The van der Waals surface area contributed by atoms with Crippen molar-refractivity contribution >= 4 is 11.8 Å². The van der Waals surface area contributed by atoms with Crippen molar-refractivity contribution in [2.45, 2.75) is 25.3 Å². The van der Waals surface area contributed by atoms with Crippen molar-refractivity contribution in [3.63, 3.8) is 0 Å². The van der Waals surface area contributed by atoms with Crippen molar-refractivity contribution in [1.29, 1.82) is 0 Å². The molecule has 0 spiro atoms. The highest BCUT2D eigenvalue weighted by molar-refractivity contribution is 5.79. The number of aliphatic hydroxyl groups excluding tert-OH is 1. The fourth-order valence-electron chi connectivity index (χ4n) is 4.51. The van der Waals surface area contributed by atoms with Gasteiger partial charge in [-0.25, -0.2) is 9.18 Å². The number of carbonyl (C=O) groups excluding carboxylic acids is 1. The molecule has 0 bridgehead atoms. The van der Waals surface area contributed by atoms with Crippen molar-refractivity contribution in [2.75, 3.05) is 13.2 Å². The van der Waals surface area contributed by atoms with Gasteiger partial charge < -0.3 is 15.2 Å². The first-order valence-electron chi connectivity index (χ1n) is 10.9. The smallest absolute Gasteiger partial charge is 0.407 e. The Bertz CT molecular complexity index is 1200. The number of nitro benzene ring substituents is 1. The number of halogens is 1. The maximum absolute atomic E-state index is 14.7. The Labute approximate surface area is 196 Å². The molecule has 8 heteroatoms. The van der Waals surface area contributed by atoms with Gasteiger partial charge in [0.05, 0.1) is 10.5 Å². The summed E-state index contributed by atoms with van der Waals surface area (Å²) in [6.07, 6.45) is -0.810. The van der Waals surface area contributed by atoms with Crippen LogP contribution < -0.4 is 5.32 Å².